The molecule has 0 saturated heterocycles. The molecule has 2 aromatic carbocycles. The van der Waals surface area contributed by atoms with Gasteiger partial charge in [-0.1, -0.05) is 65.3 Å². The van der Waals surface area contributed by atoms with Gasteiger partial charge in [-0.05, 0) is 74.6 Å². The van der Waals surface area contributed by atoms with E-state index in [0.29, 0.717) is 0 Å². The van der Waals surface area contributed by atoms with Crippen molar-refractivity contribution in [2.75, 3.05) is 0 Å². The number of aliphatic hydroxyl groups is 1. The number of fused-ring (bicyclic) bond motifs is 1. The first-order valence-corrected chi connectivity index (χ1v) is 15.8. The average molecular weight is 761 g/mol. The number of benzene rings is 2. The van der Waals surface area contributed by atoms with E-state index in [4.69, 9.17) is 4.98 Å². The van der Waals surface area contributed by atoms with E-state index >= 15 is 0 Å². The molecule has 0 aliphatic heterocycles. The summed E-state index contributed by atoms with van der Waals surface area (Å²) in [7, 11) is 0. The number of nitrogens with zero attached hydrogens (tertiary/aromatic N) is 1. The predicted octanol–water partition coefficient (Wildman–Crippen LogP) is 10.8. The van der Waals surface area contributed by atoms with Crippen molar-refractivity contribution in [2.45, 2.75) is 88.0 Å². The van der Waals surface area contributed by atoms with Crippen molar-refractivity contribution in [1.82, 2.24) is 4.98 Å². The zero-order chi connectivity index (χ0) is 30.3. The van der Waals surface area contributed by atoms with Gasteiger partial charge in [0.2, 0.25) is 0 Å². The summed E-state index contributed by atoms with van der Waals surface area (Å²) in [5, 5.41) is 11.1. The van der Waals surface area contributed by atoms with Gasteiger partial charge in [0.15, 0.2) is 5.78 Å². The third-order valence-corrected chi connectivity index (χ3v) is 9.31. The van der Waals surface area contributed by atoms with Gasteiger partial charge < -0.3 is 10.1 Å². The smallest absolute Gasteiger partial charge is 0.162 e. The van der Waals surface area contributed by atoms with Gasteiger partial charge in [0.25, 0.3) is 0 Å². The Kier molecular flexibility index (Phi) is 13.8. The minimum Gasteiger partial charge on any atom is -0.512 e. The number of allylic oxidation sites excluding steroid dienone is 2. The van der Waals surface area contributed by atoms with E-state index in [9.17, 15) is 9.90 Å². The molecule has 4 aromatic rings. The second-order valence-electron chi connectivity index (χ2n) is 11.2. The van der Waals surface area contributed by atoms with E-state index in [1.807, 2.05) is 45.2 Å². The third kappa shape index (κ3) is 8.49. The fourth-order valence-corrected chi connectivity index (χ4v) is 6.86. The maximum atomic E-state index is 11.7. The zero-order valence-electron chi connectivity index (χ0n) is 26.6. The van der Waals surface area contributed by atoms with Gasteiger partial charge in [0.1, 0.15) is 0 Å². The van der Waals surface area contributed by atoms with Gasteiger partial charge >= 0.3 is 0 Å². The Morgan fingerprint density at radius 3 is 2.12 bits per heavy atom. The molecule has 1 N–H and O–H groups in total. The molecule has 5 heteroatoms. The molecule has 0 atom stereocenters. The first-order valence-electron chi connectivity index (χ1n) is 14.9. The molecule has 42 heavy (non-hydrogen) atoms. The maximum absolute atomic E-state index is 11.7. The van der Waals surface area contributed by atoms with E-state index < -0.39 is 0 Å². The van der Waals surface area contributed by atoms with Crippen molar-refractivity contribution in [2.24, 2.45) is 11.8 Å². The van der Waals surface area contributed by atoms with Gasteiger partial charge in [-0.25, -0.2) is 0 Å². The van der Waals surface area contributed by atoms with Crippen molar-refractivity contribution in [3.8, 4) is 21.7 Å². The SMILES string of the molecule is CCC(CC)C(=O)/C=C(\O)C(CC)CC.Cc1[c-]c(-c2nccc3c(C)c(-c4ccc(C)cc4C)sc23)cc(C)c1.[Ir]. The quantitative estimate of drug-likeness (QED) is 0.105. The van der Waals surface area contributed by atoms with E-state index in [-0.39, 0.29) is 43.5 Å². The van der Waals surface area contributed by atoms with Crippen LogP contribution in [0.1, 0.15) is 81.2 Å². The van der Waals surface area contributed by atoms with E-state index in [2.05, 4.69) is 77.1 Å². The second-order valence-corrected chi connectivity index (χ2v) is 12.2. The second kappa shape index (κ2) is 16.3. The number of aryl methyl sites for hydroxylation is 5. The monoisotopic (exact) mass is 761 g/mol. The van der Waals surface area contributed by atoms with Gasteiger partial charge in [-0.3, -0.25) is 4.79 Å². The van der Waals surface area contributed by atoms with Crippen molar-refractivity contribution < 1.29 is 30.0 Å². The van der Waals surface area contributed by atoms with Crippen LogP contribution in [0.3, 0.4) is 0 Å². The van der Waals surface area contributed by atoms with E-state index in [1.165, 1.54) is 48.9 Å². The van der Waals surface area contributed by atoms with Crippen LogP contribution in [0.4, 0.5) is 0 Å². The average Bonchev–Trinajstić information content (AvgIpc) is 3.26. The van der Waals surface area contributed by atoms with Crippen LogP contribution in [0.15, 0.2) is 54.4 Å². The van der Waals surface area contributed by atoms with Gasteiger partial charge in [-0.15, -0.1) is 46.2 Å². The number of aromatic nitrogens is 1. The van der Waals surface area contributed by atoms with Crippen LogP contribution >= 0.6 is 11.3 Å². The Labute approximate surface area is 270 Å². The van der Waals surface area contributed by atoms with Crippen molar-refractivity contribution in [3.05, 3.63) is 88.3 Å². The summed E-state index contributed by atoms with van der Waals surface area (Å²) in [5.74, 6) is 0.547. The summed E-state index contributed by atoms with van der Waals surface area (Å²) in [6.07, 6.45) is 6.83. The topological polar surface area (TPSA) is 50.2 Å². The molecule has 227 valence electrons. The number of pyridine rings is 1. The third-order valence-electron chi connectivity index (χ3n) is 7.96. The largest absolute Gasteiger partial charge is 0.512 e. The van der Waals surface area contributed by atoms with Crippen molar-refractivity contribution in [1.29, 1.82) is 0 Å². The summed E-state index contributed by atoms with van der Waals surface area (Å²) < 4.78 is 1.25. The number of carbonyl (C=O) groups excluding carboxylic acids is 1. The molecule has 0 saturated carbocycles. The Hall–Kier alpha value is -2.59. The van der Waals surface area contributed by atoms with E-state index in [0.717, 1.165) is 42.5 Å². The van der Waals surface area contributed by atoms with Gasteiger partial charge in [0.05, 0.1) is 5.76 Å². The minimum atomic E-state index is 0. The molecule has 0 amide bonds. The molecule has 0 spiro atoms. The molecule has 0 unspecified atom stereocenters. The summed E-state index contributed by atoms with van der Waals surface area (Å²) in [4.78, 5) is 17.8. The maximum Gasteiger partial charge on any atom is 0.162 e. The summed E-state index contributed by atoms with van der Waals surface area (Å²) in [5.41, 5.74) is 9.82. The van der Waals surface area contributed by atoms with Crippen LogP contribution in [0.2, 0.25) is 0 Å². The molecule has 2 aromatic heterocycles. The fraction of sp³-hybridized carbons (Fsp3) is 0.405. The number of ketones is 1. The standard InChI is InChI=1S/C24H22NS.C13H24O2.Ir/c1-14-6-7-20(17(4)11-14)23-18(5)21-8-9-25-22(24(21)26-23)19-12-15(2)10-16(3)13-19;1-5-10(6-2)12(14)9-13(15)11(7-3)8-4;/h6-12H,1-5H3;9-11,14H,5-8H2,1-4H3;/q-1;;/b;12-9-;. The molecule has 4 rings (SSSR count). The van der Waals surface area contributed by atoms with Crippen molar-refractivity contribution in [3.63, 3.8) is 0 Å². The van der Waals surface area contributed by atoms with Crippen LogP contribution in [-0.4, -0.2) is 15.9 Å². The normalized spacial score (nSPS) is 11.5. The Morgan fingerprint density at radius 2 is 1.55 bits per heavy atom. The number of carbonyl (C=O) groups is 1. The first-order chi connectivity index (χ1) is 19.5. The van der Waals surface area contributed by atoms with Crippen molar-refractivity contribution >= 4 is 27.2 Å². The number of hydrogen-bond acceptors (Lipinski definition) is 4. The fourth-order valence-electron chi connectivity index (χ4n) is 5.47. The van der Waals surface area contributed by atoms with Crippen LogP contribution < -0.4 is 0 Å². The molecule has 3 nitrogen and oxygen atoms in total. The summed E-state index contributed by atoms with van der Waals surface area (Å²) in [6, 6.07) is 16.7. The molecule has 0 aliphatic rings. The first kappa shape index (κ1) is 35.6. The van der Waals surface area contributed by atoms with E-state index in [1.54, 1.807) is 0 Å². The molecular weight excluding hydrogens is 715 g/mol. The summed E-state index contributed by atoms with van der Waals surface area (Å²) >= 11 is 1.85. The Bertz CT molecular complexity index is 1510. The summed E-state index contributed by atoms with van der Waals surface area (Å²) in [6.45, 7) is 18.9. The number of rotatable bonds is 9. The molecule has 0 aliphatic carbocycles. The van der Waals surface area contributed by atoms with Crippen LogP contribution in [0.5, 0.6) is 0 Å². The molecular formula is C37H46IrNO2S-. The molecule has 0 bridgehead atoms. The predicted molar refractivity (Wildman–Crippen MR) is 177 cm³/mol. The Balaban J connectivity index is 0.000000334. The van der Waals surface area contributed by atoms with Gasteiger partial charge in [-0.2, -0.15) is 0 Å². The molecule has 2 heterocycles. The molecule has 0 fully saturated rings. The molecule has 1 radical (unpaired) electrons. The van der Waals surface area contributed by atoms with Crippen LogP contribution in [-0.2, 0) is 24.9 Å². The number of aliphatic hydroxyl groups excluding tert-OH is 1. The number of hydrogen-bond donors (Lipinski definition) is 1. The van der Waals surface area contributed by atoms with Gasteiger partial charge in [0, 0.05) is 59.5 Å². The van der Waals surface area contributed by atoms with Crippen LogP contribution in [0, 0.1) is 52.5 Å². The zero-order valence-corrected chi connectivity index (χ0v) is 29.9. The van der Waals surface area contributed by atoms with Crippen LogP contribution in [0.25, 0.3) is 31.8 Å². The number of thiophene rings is 1. The minimum absolute atomic E-state index is 0. The Morgan fingerprint density at radius 1 is 0.905 bits per heavy atom.